The number of methoxy groups -OCH3 is 1. The first kappa shape index (κ1) is 20.3. The number of ether oxygens (including phenoxy) is 4. The normalized spacial score (nSPS) is 17.6. The van der Waals surface area contributed by atoms with Crippen molar-refractivity contribution in [1.29, 1.82) is 0 Å². The second-order valence-electron chi connectivity index (χ2n) is 8.95. The summed E-state index contributed by atoms with van der Waals surface area (Å²) in [5.41, 5.74) is 6.44. The Hall–Kier alpha value is -4.11. The molecule has 0 amide bonds. The zero-order valence-electron chi connectivity index (χ0n) is 19.4. The molecule has 1 aromatic heterocycles. The van der Waals surface area contributed by atoms with Crippen molar-refractivity contribution in [2.45, 2.75) is 18.9 Å². The van der Waals surface area contributed by atoms with E-state index in [2.05, 4.69) is 39.6 Å². The number of nitrogens with zero attached hydrogens (tertiary/aromatic N) is 5. The van der Waals surface area contributed by atoms with Crippen LogP contribution in [0.25, 0.3) is 16.8 Å². The number of benzene rings is 3. The van der Waals surface area contributed by atoms with Gasteiger partial charge < -0.3 is 18.9 Å². The molecule has 9 nitrogen and oxygen atoms in total. The van der Waals surface area contributed by atoms with Gasteiger partial charge >= 0.3 is 6.01 Å². The third-order valence-electron chi connectivity index (χ3n) is 7.11. The molecule has 3 heterocycles. The van der Waals surface area contributed by atoms with Crippen molar-refractivity contribution in [3.05, 3.63) is 65.2 Å². The van der Waals surface area contributed by atoms with Crippen molar-refractivity contribution in [3.63, 3.8) is 0 Å². The predicted molar refractivity (Wildman–Crippen MR) is 127 cm³/mol. The highest BCUT2D eigenvalue weighted by atomic mass is 16.7. The molecule has 3 aromatic carbocycles. The number of tetrazole rings is 1. The monoisotopic (exact) mass is 469 g/mol. The molecular weight excluding hydrogens is 446 g/mol. The summed E-state index contributed by atoms with van der Waals surface area (Å²) in [6.07, 6.45) is 1.81. The summed E-state index contributed by atoms with van der Waals surface area (Å²) in [6, 6.07) is 16.4. The van der Waals surface area contributed by atoms with Gasteiger partial charge in [0.05, 0.1) is 12.8 Å². The Labute approximate surface area is 201 Å². The van der Waals surface area contributed by atoms with Gasteiger partial charge in [0.2, 0.25) is 6.79 Å². The number of fused-ring (bicyclic) bond motifs is 4. The largest absolute Gasteiger partial charge is 0.493 e. The minimum absolute atomic E-state index is 0.198. The van der Waals surface area contributed by atoms with E-state index >= 15 is 0 Å². The highest BCUT2D eigenvalue weighted by molar-refractivity contribution is 5.89. The van der Waals surface area contributed by atoms with Gasteiger partial charge in [-0.25, -0.2) is 0 Å². The van der Waals surface area contributed by atoms with Crippen molar-refractivity contribution in [2.75, 3.05) is 27.5 Å². The van der Waals surface area contributed by atoms with Crippen molar-refractivity contribution >= 4 is 0 Å². The summed E-state index contributed by atoms with van der Waals surface area (Å²) in [6.45, 7) is 1.18. The molecule has 7 rings (SSSR count). The lowest BCUT2D eigenvalue weighted by molar-refractivity contribution is 0.174. The average Bonchev–Trinajstić information content (AvgIpc) is 3.56. The van der Waals surface area contributed by atoms with Crippen molar-refractivity contribution in [3.8, 4) is 45.8 Å². The fourth-order valence-electron chi connectivity index (χ4n) is 5.46. The van der Waals surface area contributed by atoms with Crippen LogP contribution in [0.2, 0.25) is 0 Å². The highest BCUT2D eigenvalue weighted by Gasteiger charge is 2.39. The Morgan fingerprint density at radius 2 is 1.91 bits per heavy atom. The van der Waals surface area contributed by atoms with Gasteiger partial charge in [0.1, 0.15) is 0 Å². The summed E-state index contributed by atoms with van der Waals surface area (Å²) in [7, 11) is 3.84. The zero-order chi connectivity index (χ0) is 23.5. The van der Waals surface area contributed by atoms with Gasteiger partial charge in [-0.2, -0.15) is 4.68 Å². The summed E-state index contributed by atoms with van der Waals surface area (Å²) in [4.78, 5) is 2.41. The lowest BCUT2D eigenvalue weighted by Crippen LogP contribution is -2.35. The predicted octanol–water partition coefficient (Wildman–Crippen LogP) is 3.94. The molecule has 4 aromatic rings. The lowest BCUT2D eigenvalue weighted by atomic mass is 9.76. The Morgan fingerprint density at radius 1 is 1.03 bits per heavy atom. The number of rotatable bonds is 4. The van der Waals surface area contributed by atoms with Crippen LogP contribution in [0, 0.1) is 0 Å². The average molecular weight is 470 g/mol. The van der Waals surface area contributed by atoms with Crippen molar-refractivity contribution in [1.82, 2.24) is 25.1 Å². The van der Waals surface area contributed by atoms with E-state index in [1.54, 1.807) is 11.8 Å². The van der Waals surface area contributed by atoms with Gasteiger partial charge in [-0.3, -0.25) is 4.90 Å². The molecule has 9 heteroatoms. The molecule has 0 fully saturated rings. The standard InChI is InChI=1S/C26H23N5O4/c1-30-11-10-16-13-20(32-2)25(35-26-27-28-29-31(26)17-6-4-3-5-7-17)23-21(16)18(30)12-15-8-9-19-24(22(15)23)34-14-33-19/h3-9,13,18H,10-12,14H2,1-2H3/t18-/m1/s1. The molecule has 0 bridgehead atoms. The van der Waals surface area contributed by atoms with Crippen LogP contribution < -0.4 is 18.9 Å². The molecule has 1 atom stereocenters. The summed E-state index contributed by atoms with van der Waals surface area (Å²) >= 11 is 0. The molecule has 0 N–H and O–H groups in total. The van der Waals surface area contributed by atoms with E-state index in [1.807, 2.05) is 36.4 Å². The van der Waals surface area contributed by atoms with E-state index in [0.29, 0.717) is 11.5 Å². The Balaban J connectivity index is 1.48. The van der Waals surface area contributed by atoms with Crippen LogP contribution in [0.15, 0.2) is 48.5 Å². The van der Waals surface area contributed by atoms with E-state index in [1.165, 1.54) is 16.7 Å². The summed E-state index contributed by atoms with van der Waals surface area (Å²) in [5, 5.41) is 12.2. The lowest BCUT2D eigenvalue weighted by Gasteiger charge is -2.40. The number of aromatic nitrogens is 4. The highest BCUT2D eigenvalue weighted by Crippen LogP contribution is 2.57. The smallest absolute Gasteiger partial charge is 0.346 e. The van der Waals surface area contributed by atoms with Crippen molar-refractivity contribution in [2.24, 2.45) is 0 Å². The van der Waals surface area contributed by atoms with Crippen LogP contribution in [0.1, 0.15) is 22.7 Å². The molecule has 0 radical (unpaired) electrons. The zero-order valence-corrected chi connectivity index (χ0v) is 19.4. The number of hydrogen-bond donors (Lipinski definition) is 0. The van der Waals surface area contributed by atoms with E-state index < -0.39 is 0 Å². The molecule has 35 heavy (non-hydrogen) atoms. The first-order valence-corrected chi connectivity index (χ1v) is 11.6. The summed E-state index contributed by atoms with van der Waals surface area (Å²) < 4.78 is 25.7. The molecule has 2 aliphatic heterocycles. The quantitative estimate of drug-likeness (QED) is 0.444. The minimum Gasteiger partial charge on any atom is -0.493 e. The molecular formula is C26H23N5O4. The van der Waals surface area contributed by atoms with Gasteiger partial charge in [0, 0.05) is 23.7 Å². The van der Waals surface area contributed by atoms with Crippen LogP contribution in [-0.2, 0) is 12.8 Å². The van der Waals surface area contributed by atoms with Crippen LogP contribution >= 0.6 is 0 Å². The molecule has 0 saturated heterocycles. The third kappa shape index (κ3) is 3.01. The summed E-state index contributed by atoms with van der Waals surface area (Å²) in [5.74, 6) is 2.69. The maximum atomic E-state index is 6.54. The Morgan fingerprint density at radius 3 is 2.77 bits per heavy atom. The van der Waals surface area contributed by atoms with Crippen LogP contribution in [0.3, 0.4) is 0 Å². The fourth-order valence-corrected chi connectivity index (χ4v) is 5.46. The molecule has 176 valence electrons. The van der Waals surface area contributed by atoms with E-state index in [-0.39, 0.29) is 18.8 Å². The van der Waals surface area contributed by atoms with E-state index in [0.717, 1.165) is 47.7 Å². The fraction of sp³-hybridized carbons (Fsp3) is 0.269. The molecule has 1 aliphatic carbocycles. The Bertz CT molecular complexity index is 1450. The van der Waals surface area contributed by atoms with Crippen LogP contribution in [0.4, 0.5) is 0 Å². The minimum atomic E-state index is 0.198. The van der Waals surface area contributed by atoms with Gasteiger partial charge in [-0.15, -0.1) is 0 Å². The second-order valence-corrected chi connectivity index (χ2v) is 8.95. The molecule has 3 aliphatic rings. The van der Waals surface area contributed by atoms with E-state index in [9.17, 15) is 0 Å². The van der Waals surface area contributed by atoms with Crippen molar-refractivity contribution < 1.29 is 18.9 Å². The first-order chi connectivity index (χ1) is 17.2. The van der Waals surface area contributed by atoms with Gasteiger partial charge in [-0.1, -0.05) is 29.4 Å². The SMILES string of the molecule is COc1cc2c3c(c1Oc1nnnn1-c1ccccc1)-c1c(ccc4c1OCO4)C[C@H]3N(C)CC2. The maximum Gasteiger partial charge on any atom is 0.346 e. The first-order valence-electron chi connectivity index (χ1n) is 11.6. The number of hydrogen-bond acceptors (Lipinski definition) is 8. The number of likely N-dealkylation sites (N-methyl/N-ethyl adjacent to an activating group) is 1. The molecule has 0 saturated carbocycles. The van der Waals surface area contributed by atoms with Gasteiger partial charge in [0.15, 0.2) is 23.0 Å². The second kappa shape index (κ2) is 7.71. The molecule has 0 spiro atoms. The van der Waals surface area contributed by atoms with Gasteiger partial charge in [0.25, 0.3) is 0 Å². The third-order valence-corrected chi connectivity index (χ3v) is 7.11. The Kier molecular flexibility index (Phi) is 4.47. The van der Waals surface area contributed by atoms with Crippen LogP contribution in [-0.4, -0.2) is 52.6 Å². The van der Waals surface area contributed by atoms with Crippen LogP contribution in [0.5, 0.6) is 29.0 Å². The van der Waals surface area contributed by atoms with Gasteiger partial charge in [-0.05, 0) is 71.3 Å². The number of para-hydroxylation sites is 1. The van der Waals surface area contributed by atoms with E-state index in [4.69, 9.17) is 18.9 Å². The molecule has 0 unspecified atom stereocenters. The maximum absolute atomic E-state index is 6.54. The topological polar surface area (TPSA) is 83.8 Å².